The lowest BCUT2D eigenvalue weighted by Gasteiger charge is -2.32. The fraction of sp³-hybridized carbons (Fsp3) is 0.308. The summed E-state index contributed by atoms with van der Waals surface area (Å²) in [5.74, 6) is 0. The number of likely N-dealkylation sites (tertiary alicyclic amines) is 1. The van der Waals surface area contributed by atoms with E-state index in [4.69, 9.17) is 0 Å². The molecule has 0 bridgehead atoms. The lowest BCUT2D eigenvalue weighted by molar-refractivity contribution is 0.197. The quantitative estimate of drug-likeness (QED) is 0.598. The first-order valence-electron chi connectivity index (χ1n) is 11.1. The summed E-state index contributed by atoms with van der Waals surface area (Å²) in [6.45, 7) is 3.08. The maximum absolute atomic E-state index is 12.6. The van der Waals surface area contributed by atoms with Gasteiger partial charge in [-0.3, -0.25) is 4.98 Å². The molecule has 0 saturated carbocycles. The van der Waals surface area contributed by atoms with E-state index in [1.54, 1.807) is 0 Å². The Hall–Kier alpha value is -3.18. The molecule has 1 aromatic heterocycles. The van der Waals surface area contributed by atoms with Crippen molar-refractivity contribution >= 4 is 11.7 Å². The zero-order chi connectivity index (χ0) is 21.3. The molecule has 0 radical (unpaired) electrons. The Balaban J connectivity index is 1.24. The summed E-state index contributed by atoms with van der Waals surface area (Å²) in [5.41, 5.74) is 4.55. The number of nitrogens with one attached hydrogen (secondary N) is 2. The van der Waals surface area contributed by atoms with Crippen LogP contribution in [0, 0.1) is 0 Å². The molecule has 2 aromatic carbocycles. The van der Waals surface area contributed by atoms with E-state index in [2.05, 4.69) is 50.8 Å². The molecule has 31 heavy (non-hydrogen) atoms. The van der Waals surface area contributed by atoms with Crippen LogP contribution in [-0.2, 0) is 12.8 Å². The number of carbonyl (C=O) groups excluding carboxylic acids is 1. The SMILES string of the molecule is O=C(Nc1ccccc1Cc1ccccc1)NC1CCN(CCc2ccncc2)CC1. The highest BCUT2D eigenvalue weighted by molar-refractivity contribution is 5.90. The minimum absolute atomic E-state index is 0.115. The van der Waals surface area contributed by atoms with Crippen LogP contribution in [0.15, 0.2) is 79.1 Å². The van der Waals surface area contributed by atoms with Crippen LogP contribution in [0.3, 0.4) is 0 Å². The number of piperidine rings is 1. The van der Waals surface area contributed by atoms with Crippen molar-refractivity contribution in [1.82, 2.24) is 15.2 Å². The number of rotatable bonds is 7. The second-order valence-electron chi connectivity index (χ2n) is 8.14. The zero-order valence-corrected chi connectivity index (χ0v) is 17.8. The van der Waals surface area contributed by atoms with Crippen molar-refractivity contribution in [3.05, 3.63) is 95.8 Å². The number of carbonyl (C=O) groups is 1. The second kappa shape index (κ2) is 10.7. The van der Waals surface area contributed by atoms with E-state index in [1.165, 1.54) is 11.1 Å². The highest BCUT2D eigenvalue weighted by Gasteiger charge is 2.20. The van der Waals surface area contributed by atoms with Crippen LogP contribution < -0.4 is 10.6 Å². The molecule has 4 rings (SSSR count). The molecule has 5 nitrogen and oxygen atoms in total. The van der Waals surface area contributed by atoms with Crippen LogP contribution in [0.4, 0.5) is 10.5 Å². The maximum Gasteiger partial charge on any atom is 0.319 e. The fourth-order valence-electron chi connectivity index (χ4n) is 4.09. The number of hydrogen-bond donors (Lipinski definition) is 2. The summed E-state index contributed by atoms with van der Waals surface area (Å²) in [7, 11) is 0. The first kappa shape index (κ1) is 21.1. The first-order chi connectivity index (χ1) is 15.3. The molecule has 160 valence electrons. The Bertz CT molecular complexity index is 953. The van der Waals surface area contributed by atoms with Crippen molar-refractivity contribution in [2.24, 2.45) is 0 Å². The van der Waals surface area contributed by atoms with Crippen molar-refractivity contribution in [3.63, 3.8) is 0 Å². The minimum atomic E-state index is -0.115. The molecule has 0 aliphatic carbocycles. The number of amides is 2. The van der Waals surface area contributed by atoms with Crippen LogP contribution in [0.25, 0.3) is 0 Å². The van der Waals surface area contributed by atoms with Gasteiger partial charge in [-0.2, -0.15) is 0 Å². The van der Waals surface area contributed by atoms with Gasteiger partial charge in [-0.1, -0.05) is 48.5 Å². The maximum atomic E-state index is 12.6. The predicted molar refractivity (Wildman–Crippen MR) is 125 cm³/mol. The van der Waals surface area contributed by atoms with Gasteiger partial charge in [0.2, 0.25) is 0 Å². The topological polar surface area (TPSA) is 57.3 Å². The van der Waals surface area contributed by atoms with Gasteiger partial charge in [-0.05, 0) is 60.6 Å². The Labute approximate surface area is 184 Å². The zero-order valence-electron chi connectivity index (χ0n) is 17.8. The molecule has 5 heteroatoms. The van der Waals surface area contributed by atoms with E-state index in [1.807, 2.05) is 48.8 Å². The van der Waals surface area contributed by atoms with Gasteiger partial charge in [0.25, 0.3) is 0 Å². The molecule has 1 saturated heterocycles. The molecule has 0 spiro atoms. The van der Waals surface area contributed by atoms with E-state index >= 15 is 0 Å². The number of benzene rings is 2. The highest BCUT2D eigenvalue weighted by atomic mass is 16.2. The Morgan fingerprint density at radius 1 is 0.903 bits per heavy atom. The third-order valence-electron chi connectivity index (χ3n) is 5.89. The normalized spacial score (nSPS) is 14.8. The fourth-order valence-corrected chi connectivity index (χ4v) is 4.09. The van der Waals surface area contributed by atoms with Crippen LogP contribution in [0.1, 0.15) is 29.5 Å². The molecule has 3 aromatic rings. The lowest BCUT2D eigenvalue weighted by Crippen LogP contribution is -2.46. The average Bonchev–Trinajstić information content (AvgIpc) is 2.81. The van der Waals surface area contributed by atoms with Crippen molar-refractivity contribution in [2.75, 3.05) is 25.0 Å². The molecule has 2 heterocycles. The molecule has 2 amide bonds. The third kappa shape index (κ3) is 6.40. The van der Waals surface area contributed by atoms with E-state index in [9.17, 15) is 4.79 Å². The lowest BCUT2D eigenvalue weighted by atomic mass is 10.0. The highest BCUT2D eigenvalue weighted by Crippen LogP contribution is 2.19. The summed E-state index contributed by atoms with van der Waals surface area (Å²) in [4.78, 5) is 19.2. The molecule has 0 unspecified atom stereocenters. The standard InChI is InChI=1S/C26H30N4O/c31-26(29-25-9-5-4-8-23(25)20-22-6-2-1-3-7-22)28-24-13-18-30(19-14-24)17-12-21-10-15-27-16-11-21/h1-11,15-16,24H,12-14,17-20H2,(H2,28,29,31). The largest absolute Gasteiger partial charge is 0.335 e. The van der Waals surface area contributed by atoms with Crippen LogP contribution in [0.5, 0.6) is 0 Å². The number of hydrogen-bond acceptors (Lipinski definition) is 3. The number of para-hydroxylation sites is 1. The summed E-state index contributed by atoms with van der Waals surface area (Å²) in [5, 5.41) is 6.23. The van der Waals surface area contributed by atoms with Gasteiger partial charge in [0, 0.05) is 43.8 Å². The van der Waals surface area contributed by atoms with Crippen LogP contribution in [0.2, 0.25) is 0 Å². The summed E-state index contributed by atoms with van der Waals surface area (Å²) in [6, 6.07) is 22.6. The molecule has 1 aliphatic heterocycles. The summed E-state index contributed by atoms with van der Waals surface area (Å²) >= 11 is 0. The number of urea groups is 1. The summed E-state index contributed by atoms with van der Waals surface area (Å²) < 4.78 is 0. The van der Waals surface area contributed by atoms with Crippen molar-refractivity contribution in [2.45, 2.75) is 31.7 Å². The van der Waals surface area contributed by atoms with E-state index in [0.717, 1.165) is 56.6 Å². The third-order valence-corrected chi connectivity index (χ3v) is 5.89. The van der Waals surface area contributed by atoms with Crippen LogP contribution >= 0.6 is 0 Å². The number of pyridine rings is 1. The van der Waals surface area contributed by atoms with Gasteiger partial charge in [-0.25, -0.2) is 4.79 Å². The van der Waals surface area contributed by atoms with Gasteiger partial charge in [-0.15, -0.1) is 0 Å². The number of nitrogens with zero attached hydrogens (tertiary/aromatic N) is 2. The Morgan fingerprint density at radius 3 is 2.39 bits per heavy atom. The van der Waals surface area contributed by atoms with Gasteiger partial charge in [0.15, 0.2) is 0 Å². The van der Waals surface area contributed by atoms with Gasteiger partial charge in [0.05, 0.1) is 0 Å². The molecular formula is C26H30N4O. The monoisotopic (exact) mass is 414 g/mol. The van der Waals surface area contributed by atoms with E-state index in [-0.39, 0.29) is 12.1 Å². The van der Waals surface area contributed by atoms with Crippen molar-refractivity contribution in [3.8, 4) is 0 Å². The molecular weight excluding hydrogens is 384 g/mol. The second-order valence-corrected chi connectivity index (χ2v) is 8.14. The Morgan fingerprint density at radius 2 is 1.61 bits per heavy atom. The van der Waals surface area contributed by atoms with Crippen LogP contribution in [-0.4, -0.2) is 41.6 Å². The molecule has 2 N–H and O–H groups in total. The van der Waals surface area contributed by atoms with Crippen molar-refractivity contribution < 1.29 is 4.79 Å². The summed E-state index contributed by atoms with van der Waals surface area (Å²) in [6.07, 6.45) is 7.50. The average molecular weight is 415 g/mol. The van der Waals surface area contributed by atoms with E-state index in [0.29, 0.717) is 0 Å². The van der Waals surface area contributed by atoms with Gasteiger partial charge in [0.1, 0.15) is 0 Å². The van der Waals surface area contributed by atoms with Crippen molar-refractivity contribution in [1.29, 1.82) is 0 Å². The minimum Gasteiger partial charge on any atom is -0.335 e. The molecule has 0 atom stereocenters. The molecule has 1 aliphatic rings. The number of aromatic nitrogens is 1. The first-order valence-corrected chi connectivity index (χ1v) is 11.1. The van der Waals surface area contributed by atoms with Gasteiger partial charge >= 0.3 is 6.03 Å². The molecule has 1 fully saturated rings. The number of anilines is 1. The Kier molecular flexibility index (Phi) is 7.29. The van der Waals surface area contributed by atoms with Gasteiger partial charge < -0.3 is 15.5 Å². The smallest absolute Gasteiger partial charge is 0.319 e. The van der Waals surface area contributed by atoms with E-state index < -0.39 is 0 Å². The predicted octanol–water partition coefficient (Wildman–Crippen LogP) is 4.50.